The molecule has 0 aliphatic heterocycles. The zero-order valence-corrected chi connectivity index (χ0v) is 12.7. The van der Waals surface area contributed by atoms with Crippen molar-refractivity contribution in [3.63, 3.8) is 0 Å². The van der Waals surface area contributed by atoms with Gasteiger partial charge in [-0.15, -0.1) is 11.8 Å². The second-order valence-electron chi connectivity index (χ2n) is 6.08. The molecule has 0 heterocycles. The molecule has 2 atom stereocenters. The molecular weight excluding hydrogens is 254 g/mol. The van der Waals surface area contributed by atoms with Gasteiger partial charge in [-0.3, -0.25) is 0 Å². The van der Waals surface area contributed by atoms with Crippen LogP contribution in [0.3, 0.4) is 0 Å². The Hall–Kier alpha value is -0.510. The third-order valence-corrected chi connectivity index (χ3v) is 5.28. The monoisotopic (exact) mass is 279 g/mol. The predicted molar refractivity (Wildman–Crippen MR) is 82.6 cm³/mol. The normalized spacial score (nSPS) is 27.7. The Kier molecular flexibility index (Phi) is 4.93. The Morgan fingerprint density at radius 2 is 2.05 bits per heavy atom. The van der Waals surface area contributed by atoms with Gasteiger partial charge in [-0.1, -0.05) is 32.4 Å². The van der Waals surface area contributed by atoms with E-state index in [0.29, 0.717) is 11.2 Å². The fourth-order valence-electron chi connectivity index (χ4n) is 2.71. The molecule has 0 aromatic heterocycles. The maximum absolute atomic E-state index is 9.40. The maximum atomic E-state index is 9.40. The Morgan fingerprint density at radius 3 is 2.63 bits per heavy atom. The second-order valence-corrected chi connectivity index (χ2v) is 7.45. The highest BCUT2D eigenvalue weighted by Gasteiger charge is 2.32. The first-order chi connectivity index (χ1) is 9.02. The summed E-state index contributed by atoms with van der Waals surface area (Å²) in [6.45, 7) is 4.54. The highest BCUT2D eigenvalue weighted by atomic mass is 32.2. The van der Waals surface area contributed by atoms with Crippen LogP contribution in [-0.4, -0.2) is 22.5 Å². The first kappa shape index (κ1) is 14.9. The Morgan fingerprint density at radius 1 is 1.37 bits per heavy atom. The number of aliphatic hydroxyl groups is 1. The van der Waals surface area contributed by atoms with E-state index >= 15 is 0 Å². The van der Waals surface area contributed by atoms with Gasteiger partial charge in [0.05, 0.1) is 6.61 Å². The molecule has 3 N–H and O–H groups in total. The van der Waals surface area contributed by atoms with E-state index in [1.54, 1.807) is 0 Å². The van der Waals surface area contributed by atoms with Crippen molar-refractivity contribution in [1.29, 1.82) is 0 Å². The van der Waals surface area contributed by atoms with E-state index in [2.05, 4.69) is 38.1 Å². The van der Waals surface area contributed by atoms with E-state index in [1.807, 2.05) is 11.8 Å². The summed E-state index contributed by atoms with van der Waals surface area (Å²) in [6.07, 6.45) is 4.20. The summed E-state index contributed by atoms with van der Waals surface area (Å²) in [5.41, 5.74) is 7.24. The zero-order valence-electron chi connectivity index (χ0n) is 11.9. The third-order valence-electron chi connectivity index (χ3n) is 4.00. The summed E-state index contributed by atoms with van der Waals surface area (Å²) in [7, 11) is 0. The minimum atomic E-state index is -0.353. The minimum absolute atomic E-state index is 0.107. The smallest absolute Gasteiger partial charge is 0.0611 e. The lowest BCUT2D eigenvalue weighted by atomic mass is 9.83. The van der Waals surface area contributed by atoms with Crippen molar-refractivity contribution in [3.8, 4) is 0 Å². The first-order valence-electron chi connectivity index (χ1n) is 7.19. The molecule has 0 amide bonds. The summed E-state index contributed by atoms with van der Waals surface area (Å²) >= 11 is 1.91. The summed E-state index contributed by atoms with van der Waals surface area (Å²) in [4.78, 5) is 1.32. The van der Waals surface area contributed by atoms with Gasteiger partial charge in [0.1, 0.15) is 0 Å². The van der Waals surface area contributed by atoms with Crippen molar-refractivity contribution < 1.29 is 5.11 Å². The van der Waals surface area contributed by atoms with Crippen molar-refractivity contribution >= 4 is 11.8 Å². The summed E-state index contributed by atoms with van der Waals surface area (Å²) in [5.74, 6) is 0.583. The molecule has 1 aliphatic carbocycles. The summed E-state index contributed by atoms with van der Waals surface area (Å²) in [5, 5.41) is 9.94. The topological polar surface area (TPSA) is 46.2 Å². The molecule has 1 aromatic rings. The fraction of sp³-hybridized carbons (Fsp3) is 0.625. The van der Waals surface area contributed by atoms with E-state index in [0.717, 1.165) is 19.3 Å². The molecule has 1 aliphatic rings. The summed E-state index contributed by atoms with van der Waals surface area (Å²) < 4.78 is 0. The molecule has 2 unspecified atom stereocenters. The summed E-state index contributed by atoms with van der Waals surface area (Å²) in [6, 6.07) is 8.87. The largest absolute Gasteiger partial charge is 0.394 e. The molecule has 0 radical (unpaired) electrons. The minimum Gasteiger partial charge on any atom is -0.394 e. The Labute approximate surface area is 120 Å². The number of hydrogen-bond acceptors (Lipinski definition) is 3. The molecule has 106 valence electrons. The van der Waals surface area contributed by atoms with Gasteiger partial charge in [-0.05, 0) is 42.9 Å². The van der Waals surface area contributed by atoms with E-state index in [9.17, 15) is 5.11 Å². The highest BCUT2D eigenvalue weighted by Crippen LogP contribution is 2.37. The Bertz CT molecular complexity index is 404. The van der Waals surface area contributed by atoms with Crippen LogP contribution in [-0.2, 0) is 0 Å². The van der Waals surface area contributed by atoms with Crippen molar-refractivity contribution in [2.75, 3.05) is 6.61 Å². The highest BCUT2D eigenvalue weighted by molar-refractivity contribution is 8.00. The molecule has 19 heavy (non-hydrogen) atoms. The fourth-order valence-corrected chi connectivity index (χ4v) is 4.09. The molecule has 0 bridgehead atoms. The molecule has 1 aromatic carbocycles. The SMILES string of the molecule is CC(C)c1ccc(SC2CCCC(N)(CO)C2)cc1. The quantitative estimate of drug-likeness (QED) is 0.886. The van der Waals surface area contributed by atoms with Gasteiger partial charge in [-0.2, -0.15) is 0 Å². The average molecular weight is 279 g/mol. The van der Waals surface area contributed by atoms with E-state index in [4.69, 9.17) is 5.73 Å². The van der Waals surface area contributed by atoms with Crippen LogP contribution in [0.1, 0.15) is 51.0 Å². The van der Waals surface area contributed by atoms with Gasteiger partial charge in [0.15, 0.2) is 0 Å². The second kappa shape index (κ2) is 6.29. The number of thioether (sulfide) groups is 1. The van der Waals surface area contributed by atoms with Gasteiger partial charge in [0, 0.05) is 15.7 Å². The lowest BCUT2D eigenvalue weighted by molar-refractivity contribution is 0.159. The van der Waals surface area contributed by atoms with Crippen LogP contribution in [0.5, 0.6) is 0 Å². The number of hydrogen-bond donors (Lipinski definition) is 2. The molecule has 3 heteroatoms. The molecule has 0 saturated heterocycles. The van der Waals surface area contributed by atoms with E-state index in [1.165, 1.54) is 16.9 Å². The van der Waals surface area contributed by atoms with Gasteiger partial charge < -0.3 is 10.8 Å². The Balaban J connectivity index is 1.97. The van der Waals surface area contributed by atoms with Gasteiger partial charge in [0.2, 0.25) is 0 Å². The molecule has 1 saturated carbocycles. The maximum Gasteiger partial charge on any atom is 0.0611 e. The molecular formula is C16H25NOS. The van der Waals surface area contributed by atoms with Crippen LogP contribution in [0, 0.1) is 0 Å². The van der Waals surface area contributed by atoms with Crippen molar-refractivity contribution in [1.82, 2.24) is 0 Å². The van der Waals surface area contributed by atoms with Crippen molar-refractivity contribution in [2.45, 2.75) is 61.1 Å². The first-order valence-corrected chi connectivity index (χ1v) is 8.07. The van der Waals surface area contributed by atoms with Crippen molar-refractivity contribution in [2.24, 2.45) is 5.73 Å². The number of benzene rings is 1. The van der Waals surface area contributed by atoms with Crippen LogP contribution in [0.15, 0.2) is 29.2 Å². The van der Waals surface area contributed by atoms with E-state index in [-0.39, 0.29) is 12.1 Å². The average Bonchev–Trinajstić information content (AvgIpc) is 2.39. The van der Waals surface area contributed by atoms with Gasteiger partial charge in [-0.25, -0.2) is 0 Å². The molecule has 2 nitrogen and oxygen atoms in total. The van der Waals surface area contributed by atoms with Crippen molar-refractivity contribution in [3.05, 3.63) is 29.8 Å². The van der Waals surface area contributed by atoms with E-state index < -0.39 is 0 Å². The molecule has 0 spiro atoms. The van der Waals surface area contributed by atoms with Crippen LogP contribution >= 0.6 is 11.8 Å². The number of rotatable bonds is 4. The lowest BCUT2D eigenvalue weighted by Crippen LogP contribution is -2.48. The van der Waals surface area contributed by atoms with Gasteiger partial charge in [0.25, 0.3) is 0 Å². The third kappa shape index (κ3) is 3.98. The van der Waals surface area contributed by atoms with Crippen LogP contribution < -0.4 is 5.73 Å². The molecule has 1 fully saturated rings. The van der Waals surface area contributed by atoms with Crippen LogP contribution in [0.4, 0.5) is 0 Å². The lowest BCUT2D eigenvalue weighted by Gasteiger charge is -2.36. The van der Waals surface area contributed by atoms with Gasteiger partial charge >= 0.3 is 0 Å². The standard InChI is InChI=1S/C16H25NOS/c1-12(2)13-5-7-14(8-6-13)19-15-4-3-9-16(17,10-15)11-18/h5-8,12,15,18H,3-4,9-11,17H2,1-2H3. The van der Waals surface area contributed by atoms with Crippen LogP contribution in [0.2, 0.25) is 0 Å². The molecule has 2 rings (SSSR count). The number of aliphatic hydroxyl groups excluding tert-OH is 1. The van der Waals surface area contributed by atoms with Crippen LogP contribution in [0.25, 0.3) is 0 Å². The number of nitrogens with two attached hydrogens (primary N) is 1. The zero-order chi connectivity index (χ0) is 13.9. The predicted octanol–water partition coefficient (Wildman–Crippen LogP) is 3.53.